The Balaban J connectivity index is 1.87. The van der Waals surface area contributed by atoms with Gasteiger partial charge in [0.1, 0.15) is 0 Å². The van der Waals surface area contributed by atoms with Gasteiger partial charge < -0.3 is 10.0 Å². The van der Waals surface area contributed by atoms with Crippen molar-refractivity contribution in [2.45, 2.75) is 25.4 Å². The number of aromatic nitrogens is 1. The van der Waals surface area contributed by atoms with Crippen molar-refractivity contribution in [3.63, 3.8) is 0 Å². The normalized spacial score (nSPS) is 15.7. The Hall–Kier alpha value is -2.96. The zero-order chi connectivity index (χ0) is 21.3. The Bertz CT molecular complexity index is 1110. The summed E-state index contributed by atoms with van der Waals surface area (Å²) in [7, 11) is 4.19. The summed E-state index contributed by atoms with van der Waals surface area (Å²) in [6.45, 7) is 2.17. The molecule has 3 aromatic rings. The fourth-order valence-corrected chi connectivity index (χ4v) is 4.44. The number of carbonyl (C=O) groups is 1. The highest BCUT2D eigenvalue weighted by atomic mass is 16.4. The number of benzene rings is 2. The highest BCUT2D eigenvalue weighted by Gasteiger charge is 2.26. The molecule has 0 atom stereocenters. The first-order valence-electron chi connectivity index (χ1n) is 10.3. The molecule has 0 amide bonds. The number of likely N-dealkylation sites (tertiary alicyclic amines) is 1. The van der Waals surface area contributed by atoms with Gasteiger partial charge in [-0.25, -0.2) is 4.79 Å². The van der Waals surface area contributed by atoms with E-state index in [1.165, 1.54) is 0 Å². The third kappa shape index (κ3) is 3.76. The van der Waals surface area contributed by atoms with Crippen LogP contribution in [-0.4, -0.2) is 58.7 Å². The van der Waals surface area contributed by atoms with Crippen LogP contribution < -0.4 is 5.56 Å². The number of hydrogen-bond acceptors (Lipinski definition) is 4. The van der Waals surface area contributed by atoms with Gasteiger partial charge in [0.25, 0.3) is 5.56 Å². The van der Waals surface area contributed by atoms with Crippen LogP contribution >= 0.6 is 0 Å². The van der Waals surface area contributed by atoms with Crippen LogP contribution in [0.5, 0.6) is 0 Å². The molecule has 0 radical (unpaired) electrons. The standard InChI is InChI=1S/C24H27N3O3/c1-25(2)17-12-14-26(15-13-17)16-21-22(24(29)30)19-10-6-7-11-20(19)23(28)27(21)18-8-4-3-5-9-18/h3-11,17H,12-16H2,1-2H3,(H,29,30). The number of aromatic carboxylic acids is 1. The second kappa shape index (κ2) is 8.42. The monoisotopic (exact) mass is 405 g/mol. The van der Waals surface area contributed by atoms with Crippen LogP contribution in [0.3, 0.4) is 0 Å². The predicted molar refractivity (Wildman–Crippen MR) is 118 cm³/mol. The molecule has 1 saturated heterocycles. The number of pyridine rings is 1. The van der Waals surface area contributed by atoms with E-state index in [0.29, 0.717) is 34.7 Å². The lowest BCUT2D eigenvalue weighted by atomic mass is 10.0. The summed E-state index contributed by atoms with van der Waals surface area (Å²) in [4.78, 5) is 30.3. The van der Waals surface area contributed by atoms with Crippen LogP contribution in [0.2, 0.25) is 0 Å². The van der Waals surface area contributed by atoms with Crippen LogP contribution in [0.1, 0.15) is 28.9 Å². The van der Waals surface area contributed by atoms with Gasteiger partial charge in [-0.15, -0.1) is 0 Å². The maximum atomic E-state index is 13.5. The second-order valence-corrected chi connectivity index (χ2v) is 8.12. The number of hydrogen-bond donors (Lipinski definition) is 1. The van der Waals surface area contributed by atoms with Gasteiger partial charge >= 0.3 is 5.97 Å². The number of fused-ring (bicyclic) bond motifs is 1. The summed E-state index contributed by atoms with van der Waals surface area (Å²) in [5, 5.41) is 11.1. The van der Waals surface area contributed by atoms with E-state index in [1.54, 1.807) is 28.8 Å². The molecule has 2 aromatic carbocycles. The largest absolute Gasteiger partial charge is 0.478 e. The molecule has 6 heteroatoms. The van der Waals surface area contributed by atoms with Crippen molar-refractivity contribution in [3.8, 4) is 5.69 Å². The van der Waals surface area contributed by atoms with E-state index >= 15 is 0 Å². The average molecular weight is 405 g/mol. The molecule has 2 heterocycles. The van der Waals surface area contributed by atoms with Gasteiger partial charge in [-0.05, 0) is 45.1 Å². The zero-order valence-corrected chi connectivity index (χ0v) is 17.4. The molecule has 0 aliphatic carbocycles. The molecule has 0 bridgehead atoms. The van der Waals surface area contributed by atoms with E-state index in [1.807, 2.05) is 30.3 Å². The van der Waals surface area contributed by atoms with Crippen molar-refractivity contribution >= 4 is 16.7 Å². The fraction of sp³-hybridized carbons (Fsp3) is 0.333. The number of carboxylic acid groups (broad SMARTS) is 1. The Kier molecular flexibility index (Phi) is 5.70. The summed E-state index contributed by atoms with van der Waals surface area (Å²) < 4.78 is 1.59. The number of carboxylic acids is 1. The molecule has 1 aromatic heterocycles. The van der Waals surface area contributed by atoms with E-state index in [-0.39, 0.29) is 11.1 Å². The molecule has 1 aliphatic rings. The molecule has 6 nitrogen and oxygen atoms in total. The summed E-state index contributed by atoms with van der Waals surface area (Å²) in [6.07, 6.45) is 2.05. The SMILES string of the molecule is CN(C)C1CCN(Cc2c(C(=O)O)c3ccccc3c(=O)n2-c2ccccc2)CC1. The van der Waals surface area contributed by atoms with Gasteiger partial charge in [-0.2, -0.15) is 0 Å². The highest BCUT2D eigenvalue weighted by Crippen LogP contribution is 2.25. The molecule has 156 valence electrons. The molecule has 1 aliphatic heterocycles. The molecular weight excluding hydrogens is 378 g/mol. The Morgan fingerprint density at radius 3 is 2.20 bits per heavy atom. The fourth-order valence-electron chi connectivity index (χ4n) is 4.44. The van der Waals surface area contributed by atoms with Crippen molar-refractivity contribution < 1.29 is 9.90 Å². The second-order valence-electron chi connectivity index (χ2n) is 8.12. The zero-order valence-electron chi connectivity index (χ0n) is 17.4. The van der Waals surface area contributed by atoms with Gasteiger partial charge in [-0.1, -0.05) is 36.4 Å². The van der Waals surface area contributed by atoms with Crippen LogP contribution in [0.25, 0.3) is 16.5 Å². The van der Waals surface area contributed by atoms with E-state index in [4.69, 9.17) is 0 Å². The van der Waals surface area contributed by atoms with Crippen molar-refractivity contribution in [2.75, 3.05) is 27.2 Å². The van der Waals surface area contributed by atoms with Gasteiger partial charge in [0, 0.05) is 42.1 Å². The average Bonchev–Trinajstić information content (AvgIpc) is 2.75. The van der Waals surface area contributed by atoms with Crippen LogP contribution in [0, 0.1) is 0 Å². The summed E-state index contributed by atoms with van der Waals surface area (Å²) >= 11 is 0. The predicted octanol–water partition coefficient (Wildman–Crippen LogP) is 3.21. The molecular formula is C24H27N3O3. The molecule has 4 rings (SSSR count). The van der Waals surface area contributed by atoms with Gasteiger partial charge in [0.05, 0.1) is 11.3 Å². The number of rotatable bonds is 5. The van der Waals surface area contributed by atoms with Crippen LogP contribution in [-0.2, 0) is 6.54 Å². The smallest absolute Gasteiger partial charge is 0.338 e. The molecule has 1 N–H and O–H groups in total. The van der Waals surface area contributed by atoms with E-state index in [9.17, 15) is 14.7 Å². The van der Waals surface area contributed by atoms with Crippen LogP contribution in [0.15, 0.2) is 59.4 Å². The Morgan fingerprint density at radius 1 is 1.00 bits per heavy atom. The molecule has 0 spiro atoms. The van der Waals surface area contributed by atoms with Crippen molar-refractivity contribution in [3.05, 3.63) is 76.2 Å². The third-order valence-corrected chi connectivity index (χ3v) is 6.08. The van der Waals surface area contributed by atoms with Gasteiger partial charge in [0.2, 0.25) is 0 Å². The third-order valence-electron chi connectivity index (χ3n) is 6.08. The first-order chi connectivity index (χ1) is 14.5. The first-order valence-corrected chi connectivity index (χ1v) is 10.3. The van der Waals surface area contributed by atoms with Crippen molar-refractivity contribution in [2.24, 2.45) is 0 Å². The summed E-state index contributed by atoms with van der Waals surface area (Å²) in [5.74, 6) is -1.01. The Labute approximate surface area is 176 Å². The minimum Gasteiger partial charge on any atom is -0.478 e. The van der Waals surface area contributed by atoms with Crippen molar-refractivity contribution in [1.82, 2.24) is 14.4 Å². The lowest BCUT2D eigenvalue weighted by Gasteiger charge is -2.35. The Morgan fingerprint density at radius 2 is 1.60 bits per heavy atom. The van der Waals surface area contributed by atoms with E-state index in [2.05, 4.69) is 23.9 Å². The van der Waals surface area contributed by atoms with Gasteiger partial charge in [0.15, 0.2) is 0 Å². The molecule has 0 unspecified atom stereocenters. The lowest BCUT2D eigenvalue weighted by Crippen LogP contribution is -2.42. The minimum absolute atomic E-state index is 0.181. The van der Waals surface area contributed by atoms with Gasteiger partial charge in [-0.3, -0.25) is 14.3 Å². The summed E-state index contributed by atoms with van der Waals surface area (Å²) in [5.41, 5.74) is 1.26. The number of para-hydroxylation sites is 1. The topological polar surface area (TPSA) is 65.8 Å². The highest BCUT2D eigenvalue weighted by molar-refractivity contribution is 6.04. The maximum Gasteiger partial charge on any atom is 0.338 e. The van der Waals surface area contributed by atoms with E-state index in [0.717, 1.165) is 25.9 Å². The quantitative estimate of drug-likeness (QED) is 0.706. The maximum absolute atomic E-state index is 13.5. The first kappa shape index (κ1) is 20.3. The summed E-state index contributed by atoms with van der Waals surface area (Å²) in [6, 6.07) is 16.9. The van der Waals surface area contributed by atoms with Crippen molar-refractivity contribution in [1.29, 1.82) is 0 Å². The molecule has 1 fully saturated rings. The number of nitrogens with zero attached hydrogens (tertiary/aromatic N) is 3. The molecule has 0 saturated carbocycles. The molecule has 30 heavy (non-hydrogen) atoms. The lowest BCUT2D eigenvalue weighted by molar-refractivity contribution is 0.0694. The minimum atomic E-state index is -1.01. The number of piperidine rings is 1. The van der Waals surface area contributed by atoms with E-state index < -0.39 is 5.97 Å². The van der Waals surface area contributed by atoms with Crippen LogP contribution in [0.4, 0.5) is 0 Å².